The van der Waals surface area contributed by atoms with Crippen LogP contribution in [0.3, 0.4) is 0 Å². The zero-order valence-corrected chi connectivity index (χ0v) is 12.2. The third-order valence-electron chi connectivity index (χ3n) is 3.08. The van der Waals surface area contributed by atoms with Gasteiger partial charge < -0.3 is 9.47 Å². The van der Waals surface area contributed by atoms with Gasteiger partial charge in [0.15, 0.2) is 0 Å². The van der Waals surface area contributed by atoms with Gasteiger partial charge in [-0.1, -0.05) is 0 Å². The van der Waals surface area contributed by atoms with Gasteiger partial charge in [0.25, 0.3) is 0 Å². The zero-order valence-electron chi connectivity index (χ0n) is 11.4. The normalized spacial score (nSPS) is 25.2. The van der Waals surface area contributed by atoms with Gasteiger partial charge in [-0.2, -0.15) is 4.31 Å². The van der Waals surface area contributed by atoms with Crippen LogP contribution in [0.4, 0.5) is 0 Å². The largest absolute Gasteiger partial charge is 0.497 e. The van der Waals surface area contributed by atoms with Crippen LogP contribution in [0.2, 0.25) is 0 Å². The molecule has 5 nitrogen and oxygen atoms in total. The van der Waals surface area contributed by atoms with Gasteiger partial charge in [-0.25, -0.2) is 8.42 Å². The molecule has 6 heteroatoms. The zero-order chi connectivity index (χ0) is 14.0. The summed E-state index contributed by atoms with van der Waals surface area (Å²) < 4.78 is 37.1. The summed E-state index contributed by atoms with van der Waals surface area (Å²) in [4.78, 5) is 0.287. The smallest absolute Gasteiger partial charge is 0.243 e. The summed E-state index contributed by atoms with van der Waals surface area (Å²) in [7, 11) is -1.90. The van der Waals surface area contributed by atoms with Crippen LogP contribution < -0.4 is 4.74 Å². The van der Waals surface area contributed by atoms with Crippen LogP contribution in [-0.4, -0.2) is 45.1 Å². The molecular weight excluding hydrogens is 266 g/mol. The first-order chi connectivity index (χ1) is 8.93. The molecule has 0 radical (unpaired) electrons. The summed E-state index contributed by atoms with van der Waals surface area (Å²) in [6.07, 6.45) is -0.173. The van der Waals surface area contributed by atoms with Crippen LogP contribution in [0.1, 0.15) is 13.8 Å². The predicted octanol–water partition coefficient (Wildman–Crippen LogP) is 1.49. The van der Waals surface area contributed by atoms with Gasteiger partial charge >= 0.3 is 0 Å². The topological polar surface area (TPSA) is 55.8 Å². The van der Waals surface area contributed by atoms with Crippen molar-refractivity contribution in [2.45, 2.75) is 31.0 Å². The van der Waals surface area contributed by atoms with Crippen molar-refractivity contribution in [3.63, 3.8) is 0 Å². The second kappa shape index (κ2) is 5.48. The molecule has 0 amide bonds. The van der Waals surface area contributed by atoms with Crippen molar-refractivity contribution in [2.24, 2.45) is 0 Å². The second-order valence-corrected chi connectivity index (χ2v) is 6.69. The molecule has 1 saturated heterocycles. The van der Waals surface area contributed by atoms with Gasteiger partial charge in [0.1, 0.15) is 5.75 Å². The fourth-order valence-electron chi connectivity index (χ4n) is 2.22. The Labute approximate surface area is 114 Å². The number of morpholine rings is 1. The van der Waals surface area contributed by atoms with E-state index in [1.54, 1.807) is 31.4 Å². The molecule has 2 atom stereocenters. The highest BCUT2D eigenvalue weighted by Crippen LogP contribution is 2.22. The minimum absolute atomic E-state index is 0.0863. The summed E-state index contributed by atoms with van der Waals surface area (Å²) in [5, 5.41) is 0. The van der Waals surface area contributed by atoms with E-state index in [1.807, 2.05) is 13.8 Å². The van der Waals surface area contributed by atoms with E-state index in [0.717, 1.165) is 0 Å². The second-order valence-electron chi connectivity index (χ2n) is 4.75. The van der Waals surface area contributed by atoms with Crippen molar-refractivity contribution in [1.29, 1.82) is 0 Å². The number of hydrogen-bond donors (Lipinski definition) is 0. The molecule has 1 heterocycles. The standard InChI is InChI=1S/C13H19NO4S/c1-10-8-14(9-11(2)18-10)19(15,16)13-6-4-12(17-3)5-7-13/h4-7,10-11H,8-9H2,1-3H3/t10-,11+. The number of sulfonamides is 1. The predicted molar refractivity (Wildman–Crippen MR) is 71.8 cm³/mol. The van der Waals surface area contributed by atoms with E-state index in [-0.39, 0.29) is 17.1 Å². The van der Waals surface area contributed by atoms with Gasteiger partial charge in [0.05, 0.1) is 24.2 Å². The van der Waals surface area contributed by atoms with Crippen molar-refractivity contribution in [1.82, 2.24) is 4.31 Å². The number of ether oxygens (including phenoxy) is 2. The Balaban J connectivity index is 2.25. The first kappa shape index (κ1) is 14.3. The van der Waals surface area contributed by atoms with Crippen LogP contribution in [0.25, 0.3) is 0 Å². The molecule has 2 rings (SSSR count). The SMILES string of the molecule is COc1ccc(S(=O)(=O)N2C[C@@H](C)O[C@@H](C)C2)cc1. The van der Waals surface area contributed by atoms with Crippen molar-refractivity contribution in [3.05, 3.63) is 24.3 Å². The molecule has 0 saturated carbocycles. The van der Waals surface area contributed by atoms with Gasteiger partial charge in [-0.15, -0.1) is 0 Å². The number of hydrogen-bond acceptors (Lipinski definition) is 4. The summed E-state index contributed by atoms with van der Waals surface area (Å²) in [6.45, 7) is 4.54. The lowest BCUT2D eigenvalue weighted by Crippen LogP contribution is -2.48. The van der Waals surface area contributed by atoms with Crippen molar-refractivity contribution in [3.8, 4) is 5.75 Å². The number of rotatable bonds is 3. The lowest BCUT2D eigenvalue weighted by atomic mass is 10.3. The Kier molecular flexibility index (Phi) is 4.13. The molecule has 1 aromatic carbocycles. The molecule has 0 aliphatic carbocycles. The summed E-state index contributed by atoms with van der Waals surface area (Å²) in [5.74, 6) is 0.641. The maximum Gasteiger partial charge on any atom is 0.243 e. The first-order valence-corrected chi connectivity index (χ1v) is 7.67. The molecule has 0 bridgehead atoms. The molecule has 1 aliphatic rings. The maximum atomic E-state index is 12.5. The molecule has 0 unspecified atom stereocenters. The van der Waals surface area contributed by atoms with Crippen molar-refractivity contribution in [2.75, 3.05) is 20.2 Å². The monoisotopic (exact) mass is 285 g/mol. The minimum atomic E-state index is -3.46. The first-order valence-electron chi connectivity index (χ1n) is 6.23. The molecule has 0 N–H and O–H groups in total. The van der Waals surface area contributed by atoms with Gasteiger partial charge in [0, 0.05) is 13.1 Å². The van der Waals surface area contributed by atoms with E-state index < -0.39 is 10.0 Å². The van der Waals surface area contributed by atoms with Crippen LogP contribution >= 0.6 is 0 Å². The quantitative estimate of drug-likeness (QED) is 0.844. The lowest BCUT2D eigenvalue weighted by Gasteiger charge is -2.34. The lowest BCUT2D eigenvalue weighted by molar-refractivity contribution is -0.0440. The van der Waals surface area contributed by atoms with Crippen molar-refractivity contribution < 1.29 is 17.9 Å². The van der Waals surface area contributed by atoms with E-state index in [1.165, 1.54) is 4.31 Å². The third kappa shape index (κ3) is 3.08. The highest BCUT2D eigenvalue weighted by molar-refractivity contribution is 7.89. The minimum Gasteiger partial charge on any atom is -0.497 e. The van der Waals surface area contributed by atoms with E-state index in [4.69, 9.17) is 9.47 Å². The van der Waals surface area contributed by atoms with Crippen LogP contribution in [0, 0.1) is 0 Å². The Morgan fingerprint density at radius 2 is 1.68 bits per heavy atom. The molecule has 106 valence electrons. The van der Waals surface area contributed by atoms with E-state index >= 15 is 0 Å². The molecular formula is C13H19NO4S. The van der Waals surface area contributed by atoms with Crippen LogP contribution in [0.5, 0.6) is 5.75 Å². The number of nitrogens with zero attached hydrogens (tertiary/aromatic N) is 1. The average Bonchev–Trinajstić information content (AvgIpc) is 2.37. The molecule has 1 aliphatic heterocycles. The number of benzene rings is 1. The maximum absolute atomic E-state index is 12.5. The molecule has 0 aromatic heterocycles. The van der Waals surface area contributed by atoms with Gasteiger partial charge in [-0.3, -0.25) is 0 Å². The van der Waals surface area contributed by atoms with E-state index in [9.17, 15) is 8.42 Å². The summed E-state index contributed by atoms with van der Waals surface area (Å²) >= 11 is 0. The highest BCUT2D eigenvalue weighted by atomic mass is 32.2. The van der Waals surface area contributed by atoms with Gasteiger partial charge in [-0.05, 0) is 38.1 Å². The third-order valence-corrected chi connectivity index (χ3v) is 4.93. The van der Waals surface area contributed by atoms with E-state index in [0.29, 0.717) is 18.8 Å². The fourth-order valence-corrected chi connectivity index (χ4v) is 3.81. The highest BCUT2D eigenvalue weighted by Gasteiger charge is 2.32. The molecule has 0 spiro atoms. The fraction of sp³-hybridized carbons (Fsp3) is 0.538. The molecule has 1 fully saturated rings. The number of methoxy groups -OCH3 is 1. The van der Waals surface area contributed by atoms with Gasteiger partial charge in [0.2, 0.25) is 10.0 Å². The average molecular weight is 285 g/mol. The summed E-state index contributed by atoms with van der Waals surface area (Å²) in [6, 6.07) is 6.44. The van der Waals surface area contributed by atoms with Crippen LogP contribution in [-0.2, 0) is 14.8 Å². The van der Waals surface area contributed by atoms with E-state index in [2.05, 4.69) is 0 Å². The molecule has 1 aromatic rings. The Hall–Kier alpha value is -1.11. The van der Waals surface area contributed by atoms with Crippen molar-refractivity contribution >= 4 is 10.0 Å². The summed E-state index contributed by atoms with van der Waals surface area (Å²) in [5.41, 5.74) is 0. The Bertz CT molecular complexity index is 516. The van der Waals surface area contributed by atoms with Crippen LogP contribution in [0.15, 0.2) is 29.2 Å². The Morgan fingerprint density at radius 3 is 2.16 bits per heavy atom. The molecule has 19 heavy (non-hydrogen) atoms. The Morgan fingerprint density at radius 1 is 1.16 bits per heavy atom.